The first kappa shape index (κ1) is 13.9. The van der Waals surface area contributed by atoms with Gasteiger partial charge in [0.25, 0.3) is 5.91 Å². The molecule has 5 heteroatoms. The molecule has 20 heavy (non-hydrogen) atoms. The molecule has 0 bridgehead atoms. The van der Waals surface area contributed by atoms with Gasteiger partial charge in [0, 0.05) is 5.02 Å². The third-order valence-electron chi connectivity index (χ3n) is 2.75. The van der Waals surface area contributed by atoms with E-state index in [1.807, 2.05) is 13.0 Å². The summed E-state index contributed by atoms with van der Waals surface area (Å²) in [5.74, 6) is -0.692. The highest BCUT2D eigenvalue weighted by Gasteiger charge is 2.13. The number of halogens is 1. The lowest BCUT2D eigenvalue weighted by Crippen LogP contribution is -2.13. The molecular formula is C15H11ClN2O2. The van der Waals surface area contributed by atoms with Crippen molar-refractivity contribution in [3.63, 3.8) is 0 Å². The number of anilines is 1. The van der Waals surface area contributed by atoms with Gasteiger partial charge >= 0.3 is 0 Å². The van der Waals surface area contributed by atoms with Crippen molar-refractivity contribution in [2.75, 3.05) is 5.32 Å². The van der Waals surface area contributed by atoms with Crippen LogP contribution in [0.25, 0.3) is 0 Å². The minimum absolute atomic E-state index is 0.0574. The van der Waals surface area contributed by atoms with Crippen LogP contribution in [0, 0.1) is 18.3 Å². The lowest BCUT2D eigenvalue weighted by molar-refractivity contribution is 0.102. The van der Waals surface area contributed by atoms with Crippen LogP contribution in [0.4, 0.5) is 5.69 Å². The van der Waals surface area contributed by atoms with E-state index in [2.05, 4.69) is 5.32 Å². The number of phenolic OH excluding ortho intramolecular Hbond substituents is 1. The van der Waals surface area contributed by atoms with Gasteiger partial charge in [0.05, 0.1) is 16.8 Å². The number of hydrogen-bond donors (Lipinski definition) is 2. The number of nitrogens with zero attached hydrogens (tertiary/aromatic N) is 1. The van der Waals surface area contributed by atoms with Crippen molar-refractivity contribution in [2.24, 2.45) is 0 Å². The number of amides is 1. The molecule has 2 aromatic rings. The van der Waals surface area contributed by atoms with Crippen molar-refractivity contribution in [3.8, 4) is 11.8 Å². The fourth-order valence-corrected chi connectivity index (χ4v) is 1.91. The van der Waals surface area contributed by atoms with Crippen molar-refractivity contribution >= 4 is 23.2 Å². The Morgan fingerprint density at radius 1 is 1.30 bits per heavy atom. The molecule has 0 spiro atoms. The van der Waals surface area contributed by atoms with Crippen molar-refractivity contribution in [2.45, 2.75) is 6.92 Å². The third-order valence-corrected chi connectivity index (χ3v) is 2.98. The molecule has 100 valence electrons. The van der Waals surface area contributed by atoms with Gasteiger partial charge in [-0.05, 0) is 42.8 Å². The molecule has 1 amide bonds. The smallest absolute Gasteiger partial charge is 0.259 e. The molecule has 0 saturated carbocycles. The second-order valence-electron chi connectivity index (χ2n) is 4.28. The first-order valence-electron chi connectivity index (χ1n) is 5.82. The van der Waals surface area contributed by atoms with E-state index >= 15 is 0 Å². The maximum Gasteiger partial charge on any atom is 0.259 e. The van der Waals surface area contributed by atoms with E-state index in [4.69, 9.17) is 16.9 Å². The highest BCUT2D eigenvalue weighted by molar-refractivity contribution is 6.31. The molecule has 0 atom stereocenters. The molecule has 0 saturated heterocycles. The quantitative estimate of drug-likeness (QED) is 0.887. The molecule has 2 N–H and O–H groups in total. The van der Waals surface area contributed by atoms with Crippen molar-refractivity contribution in [1.29, 1.82) is 5.26 Å². The van der Waals surface area contributed by atoms with Crippen LogP contribution in [0.5, 0.6) is 5.75 Å². The molecule has 0 heterocycles. The molecule has 0 aliphatic heterocycles. The zero-order chi connectivity index (χ0) is 14.7. The van der Waals surface area contributed by atoms with Crippen LogP contribution in [-0.4, -0.2) is 11.0 Å². The number of rotatable bonds is 2. The van der Waals surface area contributed by atoms with E-state index in [9.17, 15) is 9.90 Å². The summed E-state index contributed by atoms with van der Waals surface area (Å²) in [6.45, 7) is 1.86. The van der Waals surface area contributed by atoms with Gasteiger partial charge in [0.2, 0.25) is 0 Å². The second kappa shape index (κ2) is 5.64. The second-order valence-corrected chi connectivity index (χ2v) is 4.71. The molecule has 0 aliphatic rings. The molecule has 0 fully saturated rings. The van der Waals surface area contributed by atoms with E-state index in [1.54, 1.807) is 18.2 Å². The van der Waals surface area contributed by atoms with Gasteiger partial charge in [-0.2, -0.15) is 5.26 Å². The summed E-state index contributed by atoms with van der Waals surface area (Å²) < 4.78 is 0. The standard InChI is InChI=1S/C15H11ClN2O2/c1-9-2-4-13(10(6-9)8-17)18-15(20)12-7-11(16)3-5-14(12)19/h2-7,19H,1H3,(H,18,20). The number of carbonyl (C=O) groups excluding carboxylic acids is 1. The average Bonchev–Trinajstić information content (AvgIpc) is 2.43. The number of aryl methyl sites for hydroxylation is 1. The summed E-state index contributed by atoms with van der Waals surface area (Å²) in [5, 5.41) is 21.7. The average molecular weight is 287 g/mol. The molecule has 2 aromatic carbocycles. The summed E-state index contributed by atoms with van der Waals surface area (Å²) >= 11 is 5.80. The summed E-state index contributed by atoms with van der Waals surface area (Å²) in [4.78, 5) is 12.1. The number of nitriles is 1. The number of nitrogens with one attached hydrogen (secondary N) is 1. The van der Waals surface area contributed by atoms with Crippen LogP contribution in [0.3, 0.4) is 0 Å². The maximum atomic E-state index is 12.1. The molecule has 0 radical (unpaired) electrons. The fraction of sp³-hybridized carbons (Fsp3) is 0.0667. The lowest BCUT2D eigenvalue weighted by atomic mass is 10.1. The number of aromatic hydroxyl groups is 1. The van der Waals surface area contributed by atoms with E-state index in [-0.39, 0.29) is 11.3 Å². The maximum absolute atomic E-state index is 12.1. The van der Waals surface area contributed by atoms with Gasteiger partial charge in [-0.3, -0.25) is 4.79 Å². The van der Waals surface area contributed by atoms with Gasteiger partial charge in [0.1, 0.15) is 11.8 Å². The Hall–Kier alpha value is -2.51. The van der Waals surface area contributed by atoms with Gasteiger partial charge in [-0.1, -0.05) is 17.7 Å². The Labute approximate surface area is 121 Å². The van der Waals surface area contributed by atoms with Gasteiger partial charge in [-0.25, -0.2) is 0 Å². The SMILES string of the molecule is Cc1ccc(NC(=O)c2cc(Cl)ccc2O)c(C#N)c1. The zero-order valence-corrected chi connectivity index (χ0v) is 11.4. The van der Waals surface area contributed by atoms with E-state index in [0.717, 1.165) is 5.56 Å². The molecule has 0 aromatic heterocycles. The Morgan fingerprint density at radius 2 is 2.05 bits per heavy atom. The van der Waals surface area contributed by atoms with Gasteiger partial charge in [0.15, 0.2) is 0 Å². The van der Waals surface area contributed by atoms with Crippen LogP contribution in [0.2, 0.25) is 5.02 Å². The number of benzene rings is 2. The van der Waals surface area contributed by atoms with Crippen LogP contribution in [0.15, 0.2) is 36.4 Å². The lowest BCUT2D eigenvalue weighted by Gasteiger charge is -2.09. The highest BCUT2D eigenvalue weighted by atomic mass is 35.5. The number of phenols is 1. The van der Waals surface area contributed by atoms with Crippen LogP contribution in [-0.2, 0) is 0 Å². The molecule has 0 unspecified atom stereocenters. The topological polar surface area (TPSA) is 73.1 Å². The molecule has 2 rings (SSSR count). The molecular weight excluding hydrogens is 276 g/mol. The van der Waals surface area contributed by atoms with Crippen molar-refractivity contribution < 1.29 is 9.90 Å². The summed E-state index contributed by atoms with van der Waals surface area (Å²) in [7, 11) is 0. The van der Waals surface area contributed by atoms with Crippen molar-refractivity contribution in [3.05, 3.63) is 58.1 Å². The van der Waals surface area contributed by atoms with E-state index in [1.165, 1.54) is 18.2 Å². The normalized spacial score (nSPS) is 9.85. The largest absolute Gasteiger partial charge is 0.507 e. The van der Waals surface area contributed by atoms with Crippen LogP contribution < -0.4 is 5.32 Å². The first-order chi connectivity index (χ1) is 9.51. The third kappa shape index (κ3) is 2.90. The minimum atomic E-state index is -0.523. The Balaban J connectivity index is 2.33. The zero-order valence-electron chi connectivity index (χ0n) is 10.6. The molecule has 4 nitrogen and oxygen atoms in total. The summed E-state index contributed by atoms with van der Waals surface area (Å²) in [5.41, 5.74) is 1.73. The van der Waals surface area contributed by atoms with Crippen molar-refractivity contribution in [1.82, 2.24) is 0 Å². The monoisotopic (exact) mass is 286 g/mol. The fourth-order valence-electron chi connectivity index (χ4n) is 1.74. The molecule has 0 aliphatic carbocycles. The van der Waals surface area contributed by atoms with E-state index < -0.39 is 5.91 Å². The number of carbonyl (C=O) groups is 1. The Kier molecular flexibility index (Phi) is 3.92. The Morgan fingerprint density at radius 3 is 2.75 bits per heavy atom. The Bertz CT molecular complexity index is 720. The summed E-state index contributed by atoms with van der Waals surface area (Å²) in [6, 6.07) is 11.3. The van der Waals surface area contributed by atoms with Gasteiger partial charge < -0.3 is 10.4 Å². The van der Waals surface area contributed by atoms with Crippen LogP contribution in [0.1, 0.15) is 21.5 Å². The first-order valence-corrected chi connectivity index (χ1v) is 6.19. The predicted molar refractivity (Wildman–Crippen MR) is 77.0 cm³/mol. The van der Waals surface area contributed by atoms with Crippen LogP contribution >= 0.6 is 11.6 Å². The number of hydrogen-bond acceptors (Lipinski definition) is 3. The minimum Gasteiger partial charge on any atom is -0.507 e. The highest BCUT2D eigenvalue weighted by Crippen LogP contribution is 2.24. The predicted octanol–water partition coefficient (Wildman–Crippen LogP) is 3.48. The summed E-state index contributed by atoms with van der Waals surface area (Å²) in [6.07, 6.45) is 0. The van der Waals surface area contributed by atoms with Gasteiger partial charge in [-0.15, -0.1) is 0 Å². The van der Waals surface area contributed by atoms with E-state index in [0.29, 0.717) is 16.3 Å².